The maximum atomic E-state index is 11.7. The maximum Gasteiger partial charge on any atom is 0.231 e. The Morgan fingerprint density at radius 1 is 1.28 bits per heavy atom. The second-order valence-electron chi connectivity index (χ2n) is 3.86. The molecule has 0 saturated carbocycles. The average Bonchev–Trinajstić information content (AvgIpc) is 2.98. The molecule has 0 radical (unpaired) electrons. The molecule has 0 aliphatic heterocycles. The van der Waals surface area contributed by atoms with E-state index < -0.39 is 0 Å². The second-order valence-corrected chi connectivity index (χ2v) is 3.86. The van der Waals surface area contributed by atoms with E-state index in [-0.39, 0.29) is 12.3 Å². The van der Waals surface area contributed by atoms with Crippen LogP contribution < -0.4 is 5.32 Å². The fourth-order valence-corrected chi connectivity index (χ4v) is 1.73. The molecule has 5 heteroatoms. The highest BCUT2D eigenvalue weighted by Gasteiger charge is 2.07. The van der Waals surface area contributed by atoms with E-state index in [1.54, 1.807) is 18.2 Å². The fraction of sp³-hybridized carbons (Fsp3) is 0.0769. The first-order chi connectivity index (χ1) is 8.81. The molecule has 2 aromatic heterocycles. The number of hydrogen-bond acceptors (Lipinski definition) is 4. The van der Waals surface area contributed by atoms with Crippen LogP contribution in [-0.4, -0.2) is 10.9 Å². The van der Waals surface area contributed by atoms with Crippen LogP contribution >= 0.6 is 0 Å². The van der Waals surface area contributed by atoms with Crippen LogP contribution in [0.2, 0.25) is 0 Å². The van der Waals surface area contributed by atoms with Gasteiger partial charge in [0.1, 0.15) is 5.52 Å². The normalized spacial score (nSPS) is 10.7. The lowest BCUT2D eigenvalue weighted by Gasteiger charge is -2.01. The van der Waals surface area contributed by atoms with Crippen molar-refractivity contribution < 1.29 is 13.6 Å². The molecule has 0 saturated heterocycles. The summed E-state index contributed by atoms with van der Waals surface area (Å²) in [6, 6.07) is 8.89. The molecule has 5 nitrogen and oxygen atoms in total. The number of nitrogens with zero attached hydrogens (tertiary/aromatic N) is 1. The SMILES string of the molecule is O=C(Cc1ccc2ocnc2c1)Nc1ccco1. The molecule has 0 aliphatic carbocycles. The summed E-state index contributed by atoms with van der Waals surface area (Å²) in [6.45, 7) is 0. The Bertz CT molecular complexity index is 670. The average molecular weight is 242 g/mol. The minimum Gasteiger partial charge on any atom is -0.449 e. The zero-order valence-corrected chi connectivity index (χ0v) is 9.42. The Morgan fingerprint density at radius 2 is 2.22 bits per heavy atom. The van der Waals surface area contributed by atoms with E-state index in [4.69, 9.17) is 8.83 Å². The summed E-state index contributed by atoms with van der Waals surface area (Å²) in [5.41, 5.74) is 2.34. The Kier molecular flexibility index (Phi) is 2.57. The van der Waals surface area contributed by atoms with Gasteiger partial charge >= 0.3 is 0 Å². The first-order valence-corrected chi connectivity index (χ1v) is 5.47. The van der Waals surface area contributed by atoms with Crippen molar-refractivity contribution in [1.29, 1.82) is 0 Å². The summed E-state index contributed by atoms with van der Waals surface area (Å²) < 4.78 is 10.2. The van der Waals surface area contributed by atoms with Crippen LogP contribution in [0.15, 0.2) is 51.8 Å². The molecule has 1 N–H and O–H groups in total. The number of fused-ring (bicyclic) bond motifs is 1. The highest BCUT2D eigenvalue weighted by atomic mass is 16.3. The van der Waals surface area contributed by atoms with E-state index in [0.29, 0.717) is 11.5 Å². The summed E-state index contributed by atoms with van der Waals surface area (Å²) in [4.78, 5) is 15.8. The van der Waals surface area contributed by atoms with Gasteiger partial charge in [-0.2, -0.15) is 0 Å². The number of furan rings is 1. The zero-order valence-electron chi connectivity index (χ0n) is 9.42. The van der Waals surface area contributed by atoms with E-state index in [9.17, 15) is 4.79 Å². The molecule has 1 amide bonds. The van der Waals surface area contributed by atoms with Crippen molar-refractivity contribution in [2.45, 2.75) is 6.42 Å². The molecule has 90 valence electrons. The van der Waals surface area contributed by atoms with Crippen molar-refractivity contribution in [2.24, 2.45) is 0 Å². The van der Waals surface area contributed by atoms with E-state index in [1.165, 1.54) is 12.7 Å². The van der Waals surface area contributed by atoms with Gasteiger partial charge < -0.3 is 8.83 Å². The molecule has 0 bridgehead atoms. The molecule has 1 aromatic carbocycles. The zero-order chi connectivity index (χ0) is 12.4. The van der Waals surface area contributed by atoms with Gasteiger partial charge in [-0.3, -0.25) is 10.1 Å². The summed E-state index contributed by atoms with van der Waals surface area (Å²) in [7, 11) is 0. The summed E-state index contributed by atoms with van der Waals surface area (Å²) in [5, 5.41) is 2.66. The lowest BCUT2D eigenvalue weighted by atomic mass is 10.1. The molecule has 0 spiro atoms. The van der Waals surface area contributed by atoms with E-state index >= 15 is 0 Å². The lowest BCUT2D eigenvalue weighted by molar-refractivity contribution is -0.115. The van der Waals surface area contributed by atoms with Gasteiger partial charge in [0.05, 0.1) is 12.7 Å². The lowest BCUT2D eigenvalue weighted by Crippen LogP contribution is -2.13. The third-order valence-electron chi connectivity index (χ3n) is 2.54. The Balaban J connectivity index is 1.73. The predicted octanol–water partition coefficient (Wildman–Crippen LogP) is 2.60. The monoisotopic (exact) mass is 242 g/mol. The number of anilines is 1. The van der Waals surface area contributed by atoms with E-state index in [0.717, 1.165) is 11.1 Å². The van der Waals surface area contributed by atoms with Gasteiger partial charge in [-0.25, -0.2) is 4.98 Å². The summed E-state index contributed by atoms with van der Waals surface area (Å²) in [6.07, 6.45) is 3.16. The largest absolute Gasteiger partial charge is 0.449 e. The minimum absolute atomic E-state index is 0.132. The smallest absolute Gasteiger partial charge is 0.231 e. The molecular formula is C13H10N2O3. The van der Waals surface area contributed by atoms with Gasteiger partial charge in [0.15, 0.2) is 17.9 Å². The number of benzene rings is 1. The molecule has 18 heavy (non-hydrogen) atoms. The van der Waals surface area contributed by atoms with Gasteiger partial charge in [0, 0.05) is 6.07 Å². The first kappa shape index (κ1) is 10.6. The van der Waals surface area contributed by atoms with Gasteiger partial charge in [-0.15, -0.1) is 0 Å². The molecule has 3 aromatic rings. The molecule has 0 unspecified atom stereocenters. The molecule has 0 atom stereocenters. The van der Waals surface area contributed by atoms with Crippen LogP contribution in [0.25, 0.3) is 11.1 Å². The van der Waals surface area contributed by atoms with Gasteiger partial charge in [-0.05, 0) is 23.8 Å². The number of hydrogen-bond donors (Lipinski definition) is 1. The van der Waals surface area contributed by atoms with Crippen LogP contribution in [0, 0.1) is 0 Å². The van der Waals surface area contributed by atoms with Crippen molar-refractivity contribution in [3.8, 4) is 0 Å². The third kappa shape index (κ3) is 2.10. The van der Waals surface area contributed by atoms with Crippen molar-refractivity contribution >= 4 is 22.9 Å². The van der Waals surface area contributed by atoms with Gasteiger partial charge in [0.25, 0.3) is 0 Å². The molecule has 3 rings (SSSR count). The first-order valence-electron chi connectivity index (χ1n) is 5.47. The predicted molar refractivity (Wildman–Crippen MR) is 65.1 cm³/mol. The van der Waals surface area contributed by atoms with Gasteiger partial charge in [-0.1, -0.05) is 6.07 Å². The van der Waals surface area contributed by atoms with Crippen LogP contribution in [0.1, 0.15) is 5.56 Å². The number of carbonyl (C=O) groups is 1. The highest BCUT2D eigenvalue weighted by molar-refractivity contribution is 5.91. The number of carbonyl (C=O) groups excluding carboxylic acids is 1. The number of aromatic nitrogens is 1. The van der Waals surface area contributed by atoms with Crippen molar-refractivity contribution in [3.05, 3.63) is 48.6 Å². The highest BCUT2D eigenvalue weighted by Crippen LogP contribution is 2.15. The third-order valence-corrected chi connectivity index (χ3v) is 2.54. The van der Waals surface area contributed by atoms with Crippen LogP contribution in [0.4, 0.5) is 5.88 Å². The van der Waals surface area contributed by atoms with Crippen LogP contribution in [0.3, 0.4) is 0 Å². The van der Waals surface area contributed by atoms with Crippen LogP contribution in [0.5, 0.6) is 0 Å². The van der Waals surface area contributed by atoms with E-state index in [2.05, 4.69) is 10.3 Å². The van der Waals surface area contributed by atoms with E-state index in [1.807, 2.05) is 12.1 Å². The van der Waals surface area contributed by atoms with Crippen molar-refractivity contribution in [3.63, 3.8) is 0 Å². The maximum absolute atomic E-state index is 11.7. The minimum atomic E-state index is -0.132. The van der Waals surface area contributed by atoms with Gasteiger partial charge in [0.2, 0.25) is 5.91 Å². The van der Waals surface area contributed by atoms with Crippen molar-refractivity contribution in [2.75, 3.05) is 5.32 Å². The Morgan fingerprint density at radius 3 is 3.06 bits per heavy atom. The second kappa shape index (κ2) is 4.37. The Labute approximate surface area is 102 Å². The molecule has 0 fully saturated rings. The number of amides is 1. The molecule has 2 heterocycles. The standard InChI is InChI=1S/C13H10N2O3/c16-12(15-13-2-1-5-17-13)7-9-3-4-11-10(6-9)14-8-18-11/h1-6,8H,7H2,(H,15,16). The number of oxazole rings is 1. The fourth-order valence-electron chi connectivity index (χ4n) is 1.73. The quantitative estimate of drug-likeness (QED) is 0.766. The number of nitrogens with one attached hydrogen (secondary N) is 1. The topological polar surface area (TPSA) is 68.3 Å². The van der Waals surface area contributed by atoms with Crippen molar-refractivity contribution in [1.82, 2.24) is 4.98 Å². The summed E-state index contributed by atoms with van der Waals surface area (Å²) >= 11 is 0. The summed E-state index contributed by atoms with van der Waals surface area (Å²) in [5.74, 6) is 0.315. The Hall–Kier alpha value is -2.56. The van der Waals surface area contributed by atoms with Crippen LogP contribution in [-0.2, 0) is 11.2 Å². The number of rotatable bonds is 3. The molecule has 0 aliphatic rings. The molecular weight excluding hydrogens is 232 g/mol.